The van der Waals surface area contributed by atoms with Crippen LogP contribution in [0.25, 0.3) is 0 Å². The van der Waals surface area contributed by atoms with Crippen LogP contribution in [0.15, 0.2) is 117 Å². The van der Waals surface area contributed by atoms with E-state index in [0.29, 0.717) is 82.0 Å². The van der Waals surface area contributed by atoms with Crippen molar-refractivity contribution in [3.63, 3.8) is 0 Å². The largest absolute Gasteiger partial charge is 0.389 e. The highest BCUT2D eigenvalue weighted by atomic mass is 16.3. The molecule has 688 valence electrons. The van der Waals surface area contributed by atoms with E-state index in [2.05, 4.69) is 151 Å². The monoisotopic (exact) mass is 1670 g/mol. The summed E-state index contributed by atoms with van der Waals surface area (Å²) in [7, 11) is 0. The van der Waals surface area contributed by atoms with E-state index in [-0.39, 0.29) is 18.3 Å². The van der Waals surface area contributed by atoms with Crippen molar-refractivity contribution in [1.29, 1.82) is 0 Å². The van der Waals surface area contributed by atoms with E-state index in [4.69, 9.17) is 0 Å². The lowest BCUT2D eigenvalue weighted by molar-refractivity contribution is -0.116. The molecule has 0 saturated heterocycles. The normalized spacial score (nSPS) is 24.8. The zero-order valence-corrected chi connectivity index (χ0v) is 81.8. The van der Waals surface area contributed by atoms with Gasteiger partial charge in [0.2, 0.25) is 0 Å². The molecule has 0 fully saturated rings. The number of allylic oxidation sites excluding steroid dienone is 17. The number of carbonyl (C=O) groups excluding carboxylic acids is 6. The van der Waals surface area contributed by atoms with E-state index in [1.54, 1.807) is 12.2 Å². The highest BCUT2D eigenvalue weighted by Gasteiger charge is 2.26. The van der Waals surface area contributed by atoms with Gasteiger partial charge in [0.1, 0.15) is 0 Å². The molecule has 120 heavy (non-hydrogen) atoms. The summed E-state index contributed by atoms with van der Waals surface area (Å²) in [4.78, 5) is 67.5. The lowest BCUT2D eigenvalue weighted by Crippen LogP contribution is -2.18. The zero-order chi connectivity index (χ0) is 89.6. The fraction of sp³-hybridized carbons (Fsp3) is 0.766. The highest BCUT2D eigenvalue weighted by molar-refractivity contribution is 5.93. The number of ketones is 6. The second kappa shape index (κ2) is 70.5. The molecule has 0 aromatic heterocycles. The molecule has 0 aromatic rings. The standard InChI is InChI=1S/C14H26O.C14H24O.C13H22O.C13H20O.C12H22O.C12H20O.C11H20O.2C11H18O/c2*1-3-4-5-6-7-8-13-9-12(2)10-14(15)11-13;2*1-3-4-5-6-7-12-8-11(2)9-13(14)10-12;2*1-3-4-5-6-11-7-10(2)8-12(13)9-11;2*1-8(2)4-10-5-9(3)6-11(12)7-10;1-3-4-5-10-6-9(2)7-11(12)8-10/h10,13-15H,3-9,11H2,1-2H3;10,13H,3-9,11H2,1-2H3;9,12H,3-8,10H2,1-2H3;4-5,9,12H,3,6-8,10H2,1-2H3;8,11-13H,3-7,9H2,1-2H3;8,11H,3-7,9H2,1-2H3;6,8,10-12H,4-5,7H2,1-3H3;6,8,10H,4-5,7H2,1-3H3;7,10H,3-6,8H2,1-2H3/b;;;5-4-;;;;;. The third-order valence-electron chi connectivity index (χ3n) is 25.1. The molecule has 0 saturated carbocycles. The fourth-order valence-electron chi connectivity index (χ4n) is 19.8. The first-order chi connectivity index (χ1) is 57.2. The first kappa shape index (κ1) is 113. The minimum Gasteiger partial charge on any atom is -0.389 e. The van der Waals surface area contributed by atoms with E-state index >= 15 is 0 Å². The summed E-state index contributed by atoms with van der Waals surface area (Å²) in [6.45, 7) is 43.3. The third kappa shape index (κ3) is 62.4. The fourth-order valence-corrected chi connectivity index (χ4v) is 19.8. The van der Waals surface area contributed by atoms with Gasteiger partial charge in [-0.25, -0.2) is 0 Å². The van der Waals surface area contributed by atoms with Gasteiger partial charge in [-0.1, -0.05) is 311 Å². The quantitative estimate of drug-likeness (QED) is 0.0409. The van der Waals surface area contributed by atoms with Gasteiger partial charge in [-0.15, -0.1) is 0 Å². The molecule has 0 heterocycles. The summed E-state index contributed by atoms with van der Waals surface area (Å²) in [5.74, 6) is 9.45. The summed E-state index contributed by atoms with van der Waals surface area (Å²) in [6, 6.07) is 0. The van der Waals surface area contributed by atoms with Crippen LogP contribution in [0.1, 0.15) is 466 Å². The van der Waals surface area contributed by atoms with Gasteiger partial charge in [0.15, 0.2) is 34.7 Å². The molecule has 9 aliphatic rings. The Morgan fingerprint density at radius 3 is 0.758 bits per heavy atom. The second-order valence-electron chi connectivity index (χ2n) is 40.2. The summed E-state index contributed by atoms with van der Waals surface area (Å²) in [6.07, 6.45) is 81.5. The predicted molar refractivity (Wildman–Crippen MR) is 517 cm³/mol. The Morgan fingerprint density at radius 2 is 0.475 bits per heavy atom. The van der Waals surface area contributed by atoms with E-state index in [1.807, 2.05) is 42.5 Å². The van der Waals surface area contributed by atoms with Crippen LogP contribution >= 0.6 is 0 Å². The Hall–Kier alpha value is -4.70. The Labute approximate surface area is 740 Å². The van der Waals surface area contributed by atoms with Gasteiger partial charge < -0.3 is 15.3 Å². The van der Waals surface area contributed by atoms with Crippen LogP contribution < -0.4 is 0 Å². The molecule has 12 unspecified atom stereocenters. The van der Waals surface area contributed by atoms with Crippen LogP contribution in [-0.4, -0.2) is 68.3 Å². The van der Waals surface area contributed by atoms with Crippen LogP contribution in [0.5, 0.6) is 0 Å². The van der Waals surface area contributed by atoms with Crippen molar-refractivity contribution in [1.82, 2.24) is 0 Å². The van der Waals surface area contributed by atoms with Crippen molar-refractivity contribution in [3.05, 3.63) is 117 Å². The maximum absolute atomic E-state index is 11.3. The van der Waals surface area contributed by atoms with Crippen LogP contribution in [0.2, 0.25) is 0 Å². The summed E-state index contributed by atoms with van der Waals surface area (Å²) in [5.41, 5.74) is 11.7. The minimum absolute atomic E-state index is 0.166. The van der Waals surface area contributed by atoms with Gasteiger partial charge in [-0.05, 0) is 299 Å². The maximum atomic E-state index is 11.3. The summed E-state index contributed by atoms with van der Waals surface area (Å²) < 4.78 is 0. The molecule has 9 heteroatoms. The van der Waals surface area contributed by atoms with Gasteiger partial charge in [-0.2, -0.15) is 0 Å². The second-order valence-corrected chi connectivity index (χ2v) is 40.2. The topological polar surface area (TPSA) is 163 Å². The average molecular weight is 1670 g/mol. The number of rotatable bonds is 36. The lowest BCUT2D eigenvalue weighted by atomic mass is 9.83. The van der Waals surface area contributed by atoms with Crippen LogP contribution in [0.4, 0.5) is 0 Å². The van der Waals surface area contributed by atoms with E-state index in [1.165, 1.54) is 262 Å². The van der Waals surface area contributed by atoms with E-state index in [9.17, 15) is 44.1 Å². The molecule has 0 spiro atoms. The van der Waals surface area contributed by atoms with Crippen LogP contribution in [0, 0.1) is 65.1 Å². The molecule has 12 atom stereocenters. The number of hydrogen-bond acceptors (Lipinski definition) is 9. The average Bonchev–Trinajstić information content (AvgIpc) is 0.897. The number of hydrogen-bond donors (Lipinski definition) is 3. The number of aliphatic hydroxyl groups is 3. The van der Waals surface area contributed by atoms with Crippen molar-refractivity contribution in [2.24, 2.45) is 65.1 Å². The lowest BCUT2D eigenvalue weighted by Gasteiger charge is -2.25. The van der Waals surface area contributed by atoms with Crippen molar-refractivity contribution >= 4 is 34.7 Å². The Kier molecular flexibility index (Phi) is 66.5. The summed E-state index contributed by atoms with van der Waals surface area (Å²) >= 11 is 0. The van der Waals surface area contributed by atoms with Crippen LogP contribution in [0.3, 0.4) is 0 Å². The first-order valence-corrected chi connectivity index (χ1v) is 50.1. The molecule has 3 N–H and O–H groups in total. The van der Waals surface area contributed by atoms with Gasteiger partial charge in [-0.3, -0.25) is 28.8 Å². The van der Waals surface area contributed by atoms with Gasteiger partial charge in [0, 0.05) is 38.5 Å². The van der Waals surface area contributed by atoms with Crippen molar-refractivity contribution in [2.45, 2.75) is 484 Å². The van der Waals surface area contributed by atoms with E-state index < -0.39 is 0 Å². The van der Waals surface area contributed by atoms with Gasteiger partial charge in [0.25, 0.3) is 0 Å². The molecule has 0 aromatic carbocycles. The van der Waals surface area contributed by atoms with Crippen molar-refractivity contribution < 1.29 is 44.1 Å². The first-order valence-electron chi connectivity index (χ1n) is 50.1. The molecule has 0 amide bonds. The van der Waals surface area contributed by atoms with Crippen molar-refractivity contribution in [2.75, 3.05) is 0 Å². The predicted octanol–water partition coefficient (Wildman–Crippen LogP) is 31.5. The number of carbonyl (C=O) groups is 6. The minimum atomic E-state index is -0.178. The molecule has 0 aliphatic heterocycles. The zero-order valence-electron chi connectivity index (χ0n) is 81.8. The molecule has 0 radical (unpaired) electrons. The molecule has 9 aliphatic carbocycles. The molecule has 9 rings (SSSR count). The highest BCUT2D eigenvalue weighted by Crippen LogP contribution is 2.35. The SMILES string of the molecule is CC/C=C\CCC1CC(=O)C=C(C)C1.CC1=CC(=O)CC(CC(C)C)C1.CC1=CC(O)CC(CC(C)C)C1.CCCCC1CC(=O)C=C(C)C1.CCCCCC1CC(=O)C=C(C)C1.CCCCCC1CC(C)=CC(O)C1.CCCCCCC1CC(=O)C=C(C)C1.CCCCCCCC1CC(=O)C=C(C)C1.CCCCCCCC1CC(C)=CC(O)C1. The molecular weight excluding hydrogens is 1480 g/mol. The molecular formula is C111H190O9. The molecule has 0 bridgehead atoms. The smallest absolute Gasteiger partial charge is 0.155 e. The Balaban J connectivity index is 0.000000676. The number of aliphatic hydroxyl groups excluding tert-OH is 3. The van der Waals surface area contributed by atoms with E-state index in [0.717, 1.165) is 133 Å². The maximum Gasteiger partial charge on any atom is 0.155 e. The Bertz CT molecular complexity index is 3130. The molecule has 9 nitrogen and oxygen atoms in total. The Morgan fingerprint density at radius 1 is 0.258 bits per heavy atom. The van der Waals surface area contributed by atoms with Gasteiger partial charge >= 0.3 is 0 Å². The van der Waals surface area contributed by atoms with Gasteiger partial charge in [0.05, 0.1) is 18.3 Å². The van der Waals surface area contributed by atoms with Crippen LogP contribution in [-0.2, 0) is 28.8 Å². The summed E-state index contributed by atoms with van der Waals surface area (Å²) in [5, 5.41) is 28.6. The third-order valence-corrected chi connectivity index (χ3v) is 25.1. The number of unbranched alkanes of at least 4 members (excludes halogenated alkanes) is 16. The van der Waals surface area contributed by atoms with Crippen molar-refractivity contribution in [3.8, 4) is 0 Å².